The second kappa shape index (κ2) is 7.25. The van der Waals surface area contributed by atoms with Crippen molar-refractivity contribution in [2.75, 3.05) is 64.6 Å². The van der Waals surface area contributed by atoms with Crippen LogP contribution in [0, 0.1) is 0 Å². The molecule has 2 aliphatic rings. The highest BCUT2D eigenvalue weighted by Gasteiger charge is 2.41. The van der Waals surface area contributed by atoms with Crippen LogP contribution in [0.3, 0.4) is 0 Å². The van der Waals surface area contributed by atoms with E-state index in [2.05, 4.69) is 9.88 Å². The number of hydrogen-bond donors (Lipinski definition) is 0. The van der Waals surface area contributed by atoms with Gasteiger partial charge >= 0.3 is 0 Å². The molecule has 0 aromatic carbocycles. The molecule has 7 nitrogen and oxygen atoms in total. The first-order valence-electron chi connectivity index (χ1n) is 7.86. The minimum atomic E-state index is -0.506. The lowest BCUT2D eigenvalue weighted by atomic mass is 10.0. The Balaban J connectivity index is 1.75. The van der Waals surface area contributed by atoms with Gasteiger partial charge in [0.25, 0.3) is 0 Å². The molecule has 1 atom stereocenters. The maximum absolute atomic E-state index is 12.1. The van der Waals surface area contributed by atoms with Crippen molar-refractivity contribution < 1.29 is 19.0 Å². The lowest BCUT2D eigenvalue weighted by Gasteiger charge is -2.43. The van der Waals surface area contributed by atoms with Gasteiger partial charge in [0.05, 0.1) is 44.8 Å². The summed E-state index contributed by atoms with van der Waals surface area (Å²) >= 11 is 0. The third-order valence-electron chi connectivity index (χ3n) is 4.23. The number of rotatable bonds is 3. The van der Waals surface area contributed by atoms with E-state index in [0.717, 1.165) is 12.2 Å². The fourth-order valence-corrected chi connectivity index (χ4v) is 3.12. The number of pyridine rings is 1. The lowest BCUT2D eigenvalue weighted by Crippen LogP contribution is -2.60. The van der Waals surface area contributed by atoms with Crippen LogP contribution in [0.25, 0.3) is 0 Å². The number of aromatic nitrogens is 1. The highest BCUT2D eigenvalue weighted by Crippen LogP contribution is 2.25. The van der Waals surface area contributed by atoms with Crippen molar-refractivity contribution in [3.63, 3.8) is 0 Å². The van der Waals surface area contributed by atoms with E-state index in [1.165, 1.54) is 7.11 Å². The average Bonchev–Trinajstić information content (AvgIpc) is 2.79. The Bertz CT molecular complexity index is 527. The maximum Gasteiger partial charge on any atom is 0.248 e. The smallest absolute Gasteiger partial charge is 0.248 e. The number of nitrogens with zero attached hydrogens (tertiary/aromatic N) is 3. The van der Waals surface area contributed by atoms with Gasteiger partial charge in [-0.1, -0.05) is 0 Å². The van der Waals surface area contributed by atoms with E-state index in [1.807, 2.05) is 23.2 Å². The van der Waals surface area contributed by atoms with Crippen molar-refractivity contribution in [3.8, 4) is 0 Å². The Kier molecular flexibility index (Phi) is 5.09. The topological polar surface area (TPSA) is 64.1 Å². The SMILES string of the molecule is COCC(=O)N1CCO[C@]2(COCCN(c3cccnc3)C2)C1. The Morgan fingerprint density at radius 2 is 2.30 bits per heavy atom. The van der Waals surface area contributed by atoms with Gasteiger partial charge in [0.2, 0.25) is 5.91 Å². The molecule has 0 unspecified atom stereocenters. The van der Waals surface area contributed by atoms with Crippen molar-refractivity contribution in [1.82, 2.24) is 9.88 Å². The molecule has 0 bridgehead atoms. The summed E-state index contributed by atoms with van der Waals surface area (Å²) < 4.78 is 16.8. The molecule has 0 N–H and O–H groups in total. The molecule has 23 heavy (non-hydrogen) atoms. The second-order valence-corrected chi connectivity index (χ2v) is 5.97. The van der Waals surface area contributed by atoms with Crippen LogP contribution in [0.15, 0.2) is 24.5 Å². The lowest BCUT2D eigenvalue weighted by molar-refractivity contribution is -0.160. The zero-order valence-corrected chi connectivity index (χ0v) is 13.4. The molecule has 1 aromatic heterocycles. The summed E-state index contributed by atoms with van der Waals surface area (Å²) in [5.41, 5.74) is 0.537. The van der Waals surface area contributed by atoms with Gasteiger partial charge in [-0.15, -0.1) is 0 Å². The van der Waals surface area contributed by atoms with Crippen LogP contribution in [0.5, 0.6) is 0 Å². The van der Waals surface area contributed by atoms with Crippen molar-refractivity contribution >= 4 is 11.6 Å². The van der Waals surface area contributed by atoms with E-state index < -0.39 is 5.60 Å². The molecule has 7 heteroatoms. The molecule has 1 amide bonds. The van der Waals surface area contributed by atoms with Crippen LogP contribution in [0.2, 0.25) is 0 Å². The summed E-state index contributed by atoms with van der Waals surface area (Å²) in [5, 5.41) is 0. The summed E-state index contributed by atoms with van der Waals surface area (Å²) in [6.07, 6.45) is 3.60. The van der Waals surface area contributed by atoms with Crippen molar-refractivity contribution in [3.05, 3.63) is 24.5 Å². The van der Waals surface area contributed by atoms with Gasteiger partial charge in [0, 0.05) is 26.4 Å². The van der Waals surface area contributed by atoms with Crippen LogP contribution >= 0.6 is 0 Å². The third-order valence-corrected chi connectivity index (χ3v) is 4.23. The maximum atomic E-state index is 12.1. The molecule has 126 valence electrons. The first kappa shape index (κ1) is 16.2. The zero-order chi connectivity index (χ0) is 16.1. The summed E-state index contributed by atoms with van der Waals surface area (Å²) in [6, 6.07) is 3.95. The summed E-state index contributed by atoms with van der Waals surface area (Å²) in [6.45, 7) is 4.30. The number of methoxy groups -OCH3 is 1. The second-order valence-electron chi connectivity index (χ2n) is 5.97. The number of morpholine rings is 1. The number of carbonyl (C=O) groups is 1. The monoisotopic (exact) mass is 321 g/mol. The van der Waals surface area contributed by atoms with Crippen molar-refractivity contribution in [2.24, 2.45) is 0 Å². The molecule has 0 aliphatic carbocycles. The average molecular weight is 321 g/mol. The number of anilines is 1. The first-order valence-corrected chi connectivity index (χ1v) is 7.86. The molecule has 3 heterocycles. The number of amides is 1. The van der Waals surface area contributed by atoms with Crippen LogP contribution in [-0.4, -0.2) is 81.1 Å². The minimum Gasteiger partial charge on any atom is -0.376 e. The molecule has 2 fully saturated rings. The van der Waals surface area contributed by atoms with E-state index in [-0.39, 0.29) is 12.5 Å². The van der Waals surface area contributed by atoms with E-state index >= 15 is 0 Å². The number of carbonyl (C=O) groups excluding carboxylic acids is 1. The minimum absolute atomic E-state index is 0.00708. The van der Waals surface area contributed by atoms with E-state index in [9.17, 15) is 4.79 Å². The normalized spacial score (nSPS) is 25.4. The molecule has 0 saturated carbocycles. The Morgan fingerprint density at radius 1 is 1.39 bits per heavy atom. The number of hydrogen-bond acceptors (Lipinski definition) is 6. The molecular formula is C16H23N3O4. The molecule has 1 aromatic rings. The molecule has 2 aliphatic heterocycles. The highest BCUT2D eigenvalue weighted by molar-refractivity contribution is 5.77. The first-order chi connectivity index (χ1) is 11.2. The predicted molar refractivity (Wildman–Crippen MR) is 84.4 cm³/mol. The highest BCUT2D eigenvalue weighted by atomic mass is 16.5. The van der Waals surface area contributed by atoms with Crippen molar-refractivity contribution in [1.29, 1.82) is 0 Å². The molecular weight excluding hydrogens is 298 g/mol. The van der Waals surface area contributed by atoms with Gasteiger partial charge in [-0.3, -0.25) is 9.78 Å². The summed E-state index contributed by atoms with van der Waals surface area (Å²) in [5.74, 6) is -0.00708. The quantitative estimate of drug-likeness (QED) is 0.790. The molecule has 1 spiro atoms. The van der Waals surface area contributed by atoms with E-state index in [0.29, 0.717) is 39.5 Å². The van der Waals surface area contributed by atoms with Gasteiger partial charge in [-0.05, 0) is 12.1 Å². The van der Waals surface area contributed by atoms with Crippen LogP contribution in [0.4, 0.5) is 5.69 Å². The van der Waals surface area contributed by atoms with Gasteiger partial charge < -0.3 is 24.0 Å². The largest absolute Gasteiger partial charge is 0.376 e. The third kappa shape index (κ3) is 3.80. The van der Waals surface area contributed by atoms with Crippen LogP contribution in [-0.2, 0) is 19.0 Å². The molecule has 2 saturated heterocycles. The Labute approximate surface area is 136 Å². The van der Waals surface area contributed by atoms with E-state index in [1.54, 1.807) is 6.20 Å². The van der Waals surface area contributed by atoms with Crippen molar-refractivity contribution in [2.45, 2.75) is 5.60 Å². The van der Waals surface area contributed by atoms with Gasteiger partial charge in [-0.25, -0.2) is 0 Å². The standard InChI is InChI=1S/C16H23N3O4/c1-21-10-15(20)19-6-8-23-16(12-19)11-18(5-7-22-13-16)14-3-2-4-17-9-14/h2-4,9H,5-8,10-13H2,1H3/t16-/m0/s1. The Hall–Kier alpha value is -1.70. The summed E-state index contributed by atoms with van der Waals surface area (Å²) in [4.78, 5) is 20.4. The van der Waals surface area contributed by atoms with Crippen LogP contribution < -0.4 is 4.90 Å². The summed E-state index contributed by atoms with van der Waals surface area (Å²) in [7, 11) is 1.53. The zero-order valence-electron chi connectivity index (χ0n) is 13.4. The Morgan fingerprint density at radius 3 is 3.09 bits per heavy atom. The fraction of sp³-hybridized carbons (Fsp3) is 0.625. The van der Waals surface area contributed by atoms with Gasteiger partial charge in [-0.2, -0.15) is 0 Å². The van der Waals surface area contributed by atoms with Crippen LogP contribution in [0.1, 0.15) is 0 Å². The van der Waals surface area contributed by atoms with Gasteiger partial charge in [0.1, 0.15) is 12.2 Å². The van der Waals surface area contributed by atoms with E-state index in [4.69, 9.17) is 14.2 Å². The fourth-order valence-electron chi connectivity index (χ4n) is 3.12. The van der Waals surface area contributed by atoms with Gasteiger partial charge in [0.15, 0.2) is 0 Å². The number of ether oxygens (including phenoxy) is 3. The molecule has 0 radical (unpaired) electrons. The molecule has 3 rings (SSSR count). The predicted octanol–water partition coefficient (Wildman–Crippen LogP) is 0.162.